The molecule has 1 aliphatic carbocycles. The Labute approximate surface area is 142 Å². The quantitative estimate of drug-likeness (QED) is 0.859. The number of nitrogens with two attached hydrogens (primary N) is 1. The van der Waals surface area contributed by atoms with E-state index in [-0.39, 0.29) is 11.9 Å². The molecule has 0 aromatic heterocycles. The Balaban J connectivity index is 1.94. The summed E-state index contributed by atoms with van der Waals surface area (Å²) in [6.07, 6.45) is 3.74. The van der Waals surface area contributed by atoms with Crippen LogP contribution in [-0.2, 0) is 4.79 Å². The van der Waals surface area contributed by atoms with E-state index in [1.54, 1.807) is 18.2 Å². The highest BCUT2D eigenvalue weighted by Gasteiger charge is 2.32. The summed E-state index contributed by atoms with van der Waals surface area (Å²) in [7, 11) is 0. The van der Waals surface area contributed by atoms with Crippen LogP contribution in [-0.4, -0.2) is 18.0 Å². The van der Waals surface area contributed by atoms with E-state index in [4.69, 9.17) is 23.2 Å². The van der Waals surface area contributed by atoms with Crippen LogP contribution in [0.1, 0.15) is 40.0 Å². The van der Waals surface area contributed by atoms with Crippen molar-refractivity contribution in [2.45, 2.75) is 52.1 Å². The van der Waals surface area contributed by atoms with Crippen LogP contribution in [0.4, 0.5) is 5.69 Å². The third kappa shape index (κ3) is 4.37. The number of nitrogens with one attached hydrogen (secondary N) is 1. The van der Waals surface area contributed by atoms with Crippen molar-refractivity contribution < 1.29 is 10.1 Å². The summed E-state index contributed by atoms with van der Waals surface area (Å²) in [6.45, 7) is 6.56. The topological polar surface area (TPSA) is 45.7 Å². The van der Waals surface area contributed by atoms with Gasteiger partial charge in [0.05, 0.1) is 16.8 Å². The van der Waals surface area contributed by atoms with Gasteiger partial charge in [0.15, 0.2) is 6.04 Å². The van der Waals surface area contributed by atoms with E-state index < -0.39 is 0 Å². The van der Waals surface area contributed by atoms with Crippen LogP contribution in [0.15, 0.2) is 18.2 Å². The molecule has 3 nitrogen and oxygen atoms in total. The predicted octanol–water partition coefficient (Wildman–Crippen LogP) is 3.71. The maximum Gasteiger partial charge on any atom is 0.282 e. The number of carbonyl (C=O) groups is 1. The van der Waals surface area contributed by atoms with Gasteiger partial charge in [-0.05, 0) is 50.3 Å². The molecule has 0 saturated heterocycles. The standard InChI is InChI=1S/C17H24Cl2N2O/c1-10-5-4-6-15(11(10)2)20-12(3)17(22)21-16-8-7-13(18)9-14(16)19/h7-12,15,20H,4-6H2,1-3H3,(H,21,22)/p+1/t10-,11+,12-,15-/m0/s1. The van der Waals surface area contributed by atoms with Gasteiger partial charge in [-0.3, -0.25) is 4.79 Å². The van der Waals surface area contributed by atoms with E-state index >= 15 is 0 Å². The van der Waals surface area contributed by atoms with E-state index in [1.807, 2.05) is 6.92 Å². The van der Waals surface area contributed by atoms with Crippen LogP contribution in [0.2, 0.25) is 10.0 Å². The van der Waals surface area contributed by atoms with Crippen molar-refractivity contribution in [1.82, 2.24) is 0 Å². The highest BCUT2D eigenvalue weighted by Crippen LogP contribution is 2.28. The number of halogens is 2. The zero-order valence-electron chi connectivity index (χ0n) is 13.4. The summed E-state index contributed by atoms with van der Waals surface area (Å²) in [5.74, 6) is 1.36. The average molecular weight is 344 g/mol. The molecule has 1 fully saturated rings. The van der Waals surface area contributed by atoms with Crippen molar-refractivity contribution in [1.29, 1.82) is 0 Å². The lowest BCUT2D eigenvalue weighted by Gasteiger charge is -2.33. The maximum atomic E-state index is 12.4. The summed E-state index contributed by atoms with van der Waals surface area (Å²) in [5.41, 5.74) is 0.612. The Bertz CT molecular complexity index is 535. The minimum atomic E-state index is -0.135. The van der Waals surface area contributed by atoms with Crippen molar-refractivity contribution in [3.63, 3.8) is 0 Å². The molecule has 1 saturated carbocycles. The number of carbonyl (C=O) groups excluding carboxylic acids is 1. The number of anilines is 1. The summed E-state index contributed by atoms with van der Waals surface area (Å²) in [5, 5.41) is 6.13. The highest BCUT2D eigenvalue weighted by atomic mass is 35.5. The van der Waals surface area contributed by atoms with Gasteiger partial charge >= 0.3 is 0 Å². The molecule has 1 aliphatic rings. The largest absolute Gasteiger partial charge is 0.334 e. The monoisotopic (exact) mass is 343 g/mol. The SMILES string of the molecule is C[C@H]1[C@@H]([NH2+][C@@H](C)C(=O)Nc2ccc(Cl)cc2Cl)CCC[C@@H]1C. The van der Waals surface area contributed by atoms with Crippen molar-refractivity contribution >= 4 is 34.8 Å². The number of amides is 1. The average Bonchev–Trinajstić information content (AvgIpc) is 2.46. The van der Waals surface area contributed by atoms with Gasteiger partial charge in [0.25, 0.3) is 5.91 Å². The van der Waals surface area contributed by atoms with Gasteiger partial charge in [-0.15, -0.1) is 0 Å². The molecule has 0 bridgehead atoms. The third-order valence-corrected chi connectivity index (χ3v) is 5.46. The van der Waals surface area contributed by atoms with Crippen LogP contribution >= 0.6 is 23.2 Å². The summed E-state index contributed by atoms with van der Waals surface area (Å²) >= 11 is 12.0. The summed E-state index contributed by atoms with van der Waals surface area (Å²) < 4.78 is 0. The van der Waals surface area contributed by atoms with E-state index in [0.29, 0.717) is 27.7 Å². The molecule has 1 amide bonds. The maximum absolute atomic E-state index is 12.4. The third-order valence-electron chi connectivity index (χ3n) is 4.91. The normalized spacial score (nSPS) is 26.5. The summed E-state index contributed by atoms with van der Waals surface area (Å²) in [4.78, 5) is 12.4. The first kappa shape index (κ1) is 17.6. The van der Waals surface area contributed by atoms with Crippen LogP contribution in [0.3, 0.4) is 0 Å². The van der Waals surface area contributed by atoms with E-state index in [1.165, 1.54) is 19.3 Å². The van der Waals surface area contributed by atoms with Crippen LogP contribution < -0.4 is 10.6 Å². The molecule has 3 N–H and O–H groups in total. The molecule has 122 valence electrons. The number of quaternary nitrogens is 1. The fourth-order valence-corrected chi connectivity index (χ4v) is 3.65. The number of benzene rings is 1. The molecule has 0 heterocycles. The number of rotatable bonds is 4. The first-order chi connectivity index (χ1) is 10.4. The van der Waals surface area contributed by atoms with Gasteiger partial charge in [-0.2, -0.15) is 0 Å². The zero-order chi connectivity index (χ0) is 16.3. The zero-order valence-corrected chi connectivity index (χ0v) is 14.9. The number of hydrogen-bond acceptors (Lipinski definition) is 1. The van der Waals surface area contributed by atoms with Gasteiger partial charge in [0.2, 0.25) is 0 Å². The van der Waals surface area contributed by atoms with Gasteiger partial charge in [-0.1, -0.05) is 37.0 Å². The minimum Gasteiger partial charge on any atom is -0.334 e. The fourth-order valence-electron chi connectivity index (χ4n) is 3.19. The lowest BCUT2D eigenvalue weighted by atomic mass is 9.78. The van der Waals surface area contributed by atoms with Crippen LogP contribution in [0.25, 0.3) is 0 Å². The molecule has 1 aromatic rings. The molecule has 0 aliphatic heterocycles. The van der Waals surface area contributed by atoms with Gasteiger partial charge < -0.3 is 10.6 Å². The molecular formula is C17H25Cl2N2O+. The fraction of sp³-hybridized carbons (Fsp3) is 0.588. The Kier molecular flexibility index (Phi) is 6.13. The van der Waals surface area contributed by atoms with Crippen molar-refractivity contribution in [3.8, 4) is 0 Å². The highest BCUT2D eigenvalue weighted by molar-refractivity contribution is 6.36. The van der Waals surface area contributed by atoms with E-state index in [2.05, 4.69) is 24.5 Å². The lowest BCUT2D eigenvalue weighted by molar-refractivity contribution is -0.715. The van der Waals surface area contributed by atoms with E-state index in [9.17, 15) is 4.79 Å². The van der Waals surface area contributed by atoms with Crippen LogP contribution in [0.5, 0.6) is 0 Å². The molecule has 4 atom stereocenters. The second-order valence-electron chi connectivity index (χ2n) is 6.53. The Morgan fingerprint density at radius 1 is 1.32 bits per heavy atom. The molecule has 22 heavy (non-hydrogen) atoms. The molecular weight excluding hydrogens is 319 g/mol. The Morgan fingerprint density at radius 3 is 2.73 bits per heavy atom. The molecule has 1 aromatic carbocycles. The Morgan fingerprint density at radius 2 is 2.05 bits per heavy atom. The first-order valence-corrected chi connectivity index (χ1v) is 8.75. The summed E-state index contributed by atoms with van der Waals surface area (Å²) in [6, 6.07) is 5.48. The lowest BCUT2D eigenvalue weighted by Crippen LogP contribution is -2.97. The van der Waals surface area contributed by atoms with Gasteiger partial charge in [0, 0.05) is 10.9 Å². The van der Waals surface area contributed by atoms with Crippen molar-refractivity contribution in [2.75, 3.05) is 5.32 Å². The molecule has 0 unspecified atom stereocenters. The number of hydrogen-bond donors (Lipinski definition) is 2. The van der Waals surface area contributed by atoms with Gasteiger partial charge in [-0.25, -0.2) is 0 Å². The van der Waals surface area contributed by atoms with E-state index in [0.717, 1.165) is 5.92 Å². The smallest absolute Gasteiger partial charge is 0.282 e. The molecule has 5 heteroatoms. The van der Waals surface area contributed by atoms with Crippen LogP contribution in [0, 0.1) is 11.8 Å². The van der Waals surface area contributed by atoms with Crippen molar-refractivity contribution in [3.05, 3.63) is 28.2 Å². The van der Waals surface area contributed by atoms with Gasteiger partial charge in [0.1, 0.15) is 0 Å². The second-order valence-corrected chi connectivity index (χ2v) is 7.37. The first-order valence-electron chi connectivity index (χ1n) is 7.99. The second kappa shape index (κ2) is 7.67. The predicted molar refractivity (Wildman–Crippen MR) is 92.4 cm³/mol. The molecule has 2 rings (SSSR count). The minimum absolute atomic E-state index is 0.0188. The molecule has 0 radical (unpaired) electrons. The molecule has 0 spiro atoms. The van der Waals surface area contributed by atoms with Crippen molar-refractivity contribution in [2.24, 2.45) is 11.8 Å². The Hall–Kier alpha value is -0.770.